The van der Waals surface area contributed by atoms with Crippen LogP contribution in [0.1, 0.15) is 23.0 Å². The number of amides is 1. The molecule has 5 nitrogen and oxygen atoms in total. The van der Waals surface area contributed by atoms with Crippen molar-refractivity contribution in [3.63, 3.8) is 0 Å². The van der Waals surface area contributed by atoms with Crippen LogP contribution < -0.4 is 10.6 Å². The van der Waals surface area contributed by atoms with Crippen LogP contribution >= 0.6 is 28.3 Å². The second kappa shape index (κ2) is 8.78. The van der Waals surface area contributed by atoms with Gasteiger partial charge in [-0.15, -0.1) is 12.4 Å². The largest absolute Gasteiger partial charge is 0.385 e. The number of rotatable bonds is 5. The summed E-state index contributed by atoms with van der Waals surface area (Å²) in [4.78, 5) is 20.9. The number of anilines is 1. The molecular weight excluding hydrogens is 404 g/mol. The van der Waals surface area contributed by atoms with Crippen LogP contribution in [0.3, 0.4) is 0 Å². The molecule has 2 N–H and O–H groups in total. The standard InChI is InChI=1S/C18H17BrN4O.ClH/c1-2-21-15-6-4-3-5-12(15)10-22-18(24)16-8-7-13-9-20-11-14(19)17(13)23-16;/h3-9,11,21H,2,10H2,1H3,(H,22,24);1H. The number of benzene rings is 1. The molecule has 2 heterocycles. The van der Waals surface area contributed by atoms with Crippen molar-refractivity contribution in [3.8, 4) is 0 Å². The van der Waals surface area contributed by atoms with E-state index in [0.29, 0.717) is 12.2 Å². The second-order valence-corrected chi connectivity index (χ2v) is 6.11. The highest BCUT2D eigenvalue weighted by Gasteiger charge is 2.10. The van der Waals surface area contributed by atoms with Gasteiger partial charge in [0.25, 0.3) is 5.91 Å². The van der Waals surface area contributed by atoms with Gasteiger partial charge >= 0.3 is 0 Å². The highest BCUT2D eigenvalue weighted by Crippen LogP contribution is 2.21. The third-order valence-electron chi connectivity index (χ3n) is 3.61. The highest BCUT2D eigenvalue weighted by atomic mass is 79.9. The van der Waals surface area contributed by atoms with E-state index in [4.69, 9.17) is 0 Å². The maximum atomic E-state index is 12.4. The van der Waals surface area contributed by atoms with Crippen LogP contribution in [0.4, 0.5) is 5.69 Å². The molecule has 0 aliphatic carbocycles. The van der Waals surface area contributed by atoms with Crippen LogP contribution in [-0.2, 0) is 6.54 Å². The van der Waals surface area contributed by atoms with Crippen molar-refractivity contribution in [3.05, 3.63) is 64.5 Å². The Morgan fingerprint density at radius 3 is 2.76 bits per heavy atom. The average Bonchev–Trinajstić information content (AvgIpc) is 2.61. The number of nitrogens with one attached hydrogen (secondary N) is 2. The Bertz CT molecular complexity index is 888. The first-order chi connectivity index (χ1) is 11.7. The monoisotopic (exact) mass is 420 g/mol. The van der Waals surface area contributed by atoms with Gasteiger partial charge in [0.2, 0.25) is 0 Å². The fourth-order valence-corrected chi connectivity index (χ4v) is 2.88. The third-order valence-corrected chi connectivity index (χ3v) is 4.19. The van der Waals surface area contributed by atoms with Gasteiger partial charge in [-0.25, -0.2) is 4.98 Å². The minimum absolute atomic E-state index is 0. The van der Waals surface area contributed by atoms with Crippen LogP contribution in [0.2, 0.25) is 0 Å². The van der Waals surface area contributed by atoms with Gasteiger partial charge in [-0.2, -0.15) is 0 Å². The van der Waals surface area contributed by atoms with Gasteiger partial charge in [0.15, 0.2) is 0 Å². The van der Waals surface area contributed by atoms with E-state index in [1.165, 1.54) is 0 Å². The summed E-state index contributed by atoms with van der Waals surface area (Å²) in [5.74, 6) is -0.202. The predicted molar refractivity (Wildman–Crippen MR) is 106 cm³/mol. The summed E-state index contributed by atoms with van der Waals surface area (Å²) in [5.41, 5.74) is 3.18. The van der Waals surface area contributed by atoms with Gasteiger partial charge in [0.1, 0.15) is 5.69 Å². The van der Waals surface area contributed by atoms with Gasteiger partial charge in [-0.05, 0) is 46.6 Å². The second-order valence-electron chi connectivity index (χ2n) is 5.26. The minimum atomic E-state index is -0.202. The zero-order valence-electron chi connectivity index (χ0n) is 13.6. The van der Waals surface area contributed by atoms with Gasteiger partial charge in [0, 0.05) is 36.6 Å². The number of fused-ring (bicyclic) bond motifs is 1. The highest BCUT2D eigenvalue weighted by molar-refractivity contribution is 9.10. The first-order valence-electron chi connectivity index (χ1n) is 7.69. The molecular formula is C18H18BrClN4O. The maximum Gasteiger partial charge on any atom is 0.270 e. The summed E-state index contributed by atoms with van der Waals surface area (Å²) in [5, 5.41) is 7.10. The normalized spacial score (nSPS) is 10.2. The first-order valence-corrected chi connectivity index (χ1v) is 8.48. The predicted octanol–water partition coefficient (Wildman–Crippen LogP) is 4.18. The first kappa shape index (κ1) is 19.1. The lowest BCUT2D eigenvalue weighted by molar-refractivity contribution is 0.0946. The number of carbonyl (C=O) groups is 1. The van der Waals surface area contributed by atoms with Crippen LogP contribution in [0.25, 0.3) is 10.9 Å². The quantitative estimate of drug-likeness (QED) is 0.649. The van der Waals surface area contributed by atoms with E-state index in [1.54, 1.807) is 18.5 Å². The summed E-state index contributed by atoms with van der Waals surface area (Å²) < 4.78 is 0.771. The SMILES string of the molecule is CCNc1ccccc1CNC(=O)c1ccc2cncc(Br)c2n1.Cl. The van der Waals surface area contributed by atoms with Gasteiger partial charge in [-0.1, -0.05) is 18.2 Å². The zero-order valence-corrected chi connectivity index (χ0v) is 16.0. The van der Waals surface area contributed by atoms with Crippen molar-refractivity contribution >= 4 is 50.8 Å². The van der Waals surface area contributed by atoms with E-state index in [1.807, 2.05) is 37.3 Å². The van der Waals surface area contributed by atoms with Crippen molar-refractivity contribution in [1.29, 1.82) is 0 Å². The summed E-state index contributed by atoms with van der Waals surface area (Å²) in [6.45, 7) is 3.32. The fraction of sp³-hybridized carbons (Fsp3) is 0.167. The number of para-hydroxylation sites is 1. The molecule has 3 aromatic rings. The van der Waals surface area contributed by atoms with Crippen LogP contribution in [-0.4, -0.2) is 22.4 Å². The molecule has 2 aromatic heterocycles. The number of pyridine rings is 2. The number of carbonyl (C=O) groups excluding carboxylic acids is 1. The van der Waals surface area contributed by atoms with E-state index >= 15 is 0 Å². The molecule has 0 atom stereocenters. The van der Waals surface area contributed by atoms with E-state index in [-0.39, 0.29) is 18.3 Å². The Kier molecular flexibility index (Phi) is 6.73. The molecule has 1 amide bonds. The number of halogens is 2. The molecule has 0 unspecified atom stereocenters. The number of nitrogens with zero attached hydrogens (tertiary/aromatic N) is 2. The molecule has 0 radical (unpaired) electrons. The molecule has 7 heteroatoms. The van der Waals surface area contributed by atoms with Crippen molar-refractivity contribution in [2.45, 2.75) is 13.5 Å². The Morgan fingerprint density at radius 1 is 1.16 bits per heavy atom. The molecule has 3 rings (SSSR count). The molecule has 0 aliphatic heterocycles. The van der Waals surface area contributed by atoms with Gasteiger partial charge < -0.3 is 10.6 Å². The molecule has 130 valence electrons. The van der Waals surface area contributed by atoms with Crippen molar-refractivity contribution in [1.82, 2.24) is 15.3 Å². The number of aromatic nitrogens is 2. The summed E-state index contributed by atoms with van der Waals surface area (Å²) in [6, 6.07) is 11.5. The van der Waals surface area contributed by atoms with E-state index in [2.05, 4.69) is 36.5 Å². The summed E-state index contributed by atoms with van der Waals surface area (Å²) in [6.07, 6.45) is 3.39. The number of hydrogen-bond acceptors (Lipinski definition) is 4. The number of hydrogen-bond donors (Lipinski definition) is 2. The molecule has 1 aromatic carbocycles. The summed E-state index contributed by atoms with van der Waals surface area (Å²) >= 11 is 3.42. The molecule has 0 aliphatic rings. The minimum Gasteiger partial charge on any atom is -0.385 e. The Balaban J connectivity index is 0.00000225. The smallest absolute Gasteiger partial charge is 0.270 e. The van der Waals surface area contributed by atoms with Crippen molar-refractivity contribution in [2.75, 3.05) is 11.9 Å². The Morgan fingerprint density at radius 2 is 1.96 bits per heavy atom. The average molecular weight is 422 g/mol. The summed E-state index contributed by atoms with van der Waals surface area (Å²) in [7, 11) is 0. The van der Waals surface area contributed by atoms with Crippen LogP contribution in [0, 0.1) is 0 Å². The Hall–Kier alpha value is -2.18. The van der Waals surface area contributed by atoms with Gasteiger partial charge in [0.05, 0.1) is 9.99 Å². The van der Waals surface area contributed by atoms with Crippen molar-refractivity contribution < 1.29 is 4.79 Å². The third kappa shape index (κ3) is 4.46. The molecule has 25 heavy (non-hydrogen) atoms. The lowest BCUT2D eigenvalue weighted by atomic mass is 10.1. The topological polar surface area (TPSA) is 66.9 Å². The van der Waals surface area contributed by atoms with Crippen molar-refractivity contribution in [2.24, 2.45) is 0 Å². The molecule has 0 spiro atoms. The molecule has 0 fully saturated rings. The Labute approximate surface area is 160 Å². The lowest BCUT2D eigenvalue weighted by Gasteiger charge is -2.11. The zero-order chi connectivity index (χ0) is 16.9. The molecule has 0 saturated carbocycles. The fourth-order valence-electron chi connectivity index (χ4n) is 2.44. The molecule has 0 bridgehead atoms. The van der Waals surface area contributed by atoms with Crippen LogP contribution in [0.15, 0.2) is 53.3 Å². The lowest BCUT2D eigenvalue weighted by Crippen LogP contribution is -2.24. The van der Waals surface area contributed by atoms with Gasteiger partial charge in [-0.3, -0.25) is 9.78 Å². The maximum absolute atomic E-state index is 12.4. The van der Waals surface area contributed by atoms with Crippen LogP contribution in [0.5, 0.6) is 0 Å². The molecule has 0 saturated heterocycles. The van der Waals surface area contributed by atoms with E-state index in [9.17, 15) is 4.79 Å². The van der Waals surface area contributed by atoms with E-state index in [0.717, 1.165) is 33.2 Å². The van der Waals surface area contributed by atoms with E-state index < -0.39 is 0 Å².